The van der Waals surface area contributed by atoms with E-state index < -0.39 is 5.60 Å². The molecule has 2 N–H and O–H groups in total. The highest BCUT2D eigenvalue weighted by Gasteiger charge is 2.27. The van der Waals surface area contributed by atoms with Crippen molar-refractivity contribution in [1.29, 1.82) is 0 Å². The van der Waals surface area contributed by atoms with Crippen LogP contribution in [0.5, 0.6) is 0 Å². The largest absolute Gasteiger partial charge is 0.389 e. The van der Waals surface area contributed by atoms with Crippen LogP contribution in [0.3, 0.4) is 0 Å². The molecule has 0 amide bonds. The predicted octanol–water partition coefficient (Wildman–Crippen LogP) is 1.19. The smallest absolute Gasteiger partial charge is 0.225 e. The zero-order valence-corrected chi connectivity index (χ0v) is 12.0. The van der Waals surface area contributed by atoms with Gasteiger partial charge in [0.1, 0.15) is 0 Å². The van der Waals surface area contributed by atoms with Gasteiger partial charge in [-0.25, -0.2) is 9.97 Å². The summed E-state index contributed by atoms with van der Waals surface area (Å²) < 4.78 is 0. The maximum atomic E-state index is 9.95. The Morgan fingerprint density at radius 3 is 2.42 bits per heavy atom. The van der Waals surface area contributed by atoms with Crippen molar-refractivity contribution in [3.8, 4) is 0 Å². The van der Waals surface area contributed by atoms with Gasteiger partial charge in [-0.2, -0.15) is 0 Å². The highest BCUT2D eigenvalue weighted by atomic mass is 16.3. The third-order valence-corrected chi connectivity index (χ3v) is 3.88. The fraction of sp³-hybridized carbons (Fsp3) is 0.714. The van der Waals surface area contributed by atoms with Crippen LogP contribution >= 0.6 is 0 Å². The first kappa shape index (κ1) is 14.2. The lowest BCUT2D eigenvalue weighted by molar-refractivity contribution is 0.0385. The van der Waals surface area contributed by atoms with E-state index in [1.165, 1.54) is 0 Å². The van der Waals surface area contributed by atoms with Crippen LogP contribution in [0.25, 0.3) is 0 Å². The minimum Gasteiger partial charge on any atom is -0.389 e. The summed E-state index contributed by atoms with van der Waals surface area (Å²) in [7, 11) is 0. The van der Waals surface area contributed by atoms with E-state index in [2.05, 4.69) is 20.2 Å². The van der Waals surface area contributed by atoms with E-state index in [0.29, 0.717) is 6.04 Å². The summed E-state index contributed by atoms with van der Waals surface area (Å²) >= 11 is 0. The third kappa shape index (κ3) is 3.88. The lowest BCUT2D eigenvalue weighted by Crippen LogP contribution is -2.52. The van der Waals surface area contributed by atoms with E-state index in [4.69, 9.17) is 0 Å². The molecule has 1 atom stereocenters. The van der Waals surface area contributed by atoms with Crippen molar-refractivity contribution in [3.63, 3.8) is 0 Å². The molecule has 106 valence electrons. The second-order valence-corrected chi connectivity index (χ2v) is 5.85. The fourth-order valence-corrected chi connectivity index (χ4v) is 2.26. The molecule has 5 heteroatoms. The average molecular weight is 264 g/mol. The molecule has 2 rings (SSSR count). The maximum absolute atomic E-state index is 9.95. The van der Waals surface area contributed by atoms with Gasteiger partial charge < -0.3 is 15.3 Å². The van der Waals surface area contributed by atoms with Crippen LogP contribution in [0, 0.1) is 0 Å². The van der Waals surface area contributed by atoms with Gasteiger partial charge in [-0.05, 0) is 39.7 Å². The van der Waals surface area contributed by atoms with Crippen LogP contribution in [-0.4, -0.2) is 45.8 Å². The van der Waals surface area contributed by atoms with Crippen molar-refractivity contribution in [2.75, 3.05) is 18.0 Å². The fourth-order valence-electron chi connectivity index (χ4n) is 2.26. The van der Waals surface area contributed by atoms with Crippen molar-refractivity contribution in [2.24, 2.45) is 0 Å². The molecule has 0 bridgehead atoms. The molecule has 1 unspecified atom stereocenters. The van der Waals surface area contributed by atoms with Gasteiger partial charge >= 0.3 is 0 Å². The Hall–Kier alpha value is -1.20. The summed E-state index contributed by atoms with van der Waals surface area (Å²) in [5.74, 6) is 0.816. The SMILES string of the molecule is CC(NC1CCN(c2ncccn2)CC1)C(C)(C)O. The molecule has 19 heavy (non-hydrogen) atoms. The van der Waals surface area contributed by atoms with Crippen molar-refractivity contribution in [2.45, 2.75) is 51.3 Å². The highest BCUT2D eigenvalue weighted by molar-refractivity contribution is 5.29. The van der Waals surface area contributed by atoms with Crippen molar-refractivity contribution in [3.05, 3.63) is 18.5 Å². The summed E-state index contributed by atoms with van der Waals surface area (Å²) in [6.45, 7) is 7.64. The lowest BCUT2D eigenvalue weighted by atomic mass is 9.97. The Bertz CT molecular complexity index is 382. The molecular weight excluding hydrogens is 240 g/mol. The topological polar surface area (TPSA) is 61.3 Å². The normalized spacial score (nSPS) is 19.5. The van der Waals surface area contributed by atoms with Crippen LogP contribution in [0.2, 0.25) is 0 Å². The third-order valence-electron chi connectivity index (χ3n) is 3.88. The van der Waals surface area contributed by atoms with Gasteiger partial charge in [0.25, 0.3) is 0 Å². The Morgan fingerprint density at radius 1 is 1.32 bits per heavy atom. The van der Waals surface area contributed by atoms with Gasteiger partial charge in [0.2, 0.25) is 5.95 Å². The zero-order chi connectivity index (χ0) is 13.9. The number of hydrogen-bond donors (Lipinski definition) is 2. The van der Waals surface area contributed by atoms with Crippen molar-refractivity contribution < 1.29 is 5.11 Å². The molecule has 1 fully saturated rings. The summed E-state index contributed by atoms with van der Waals surface area (Å²) in [6.07, 6.45) is 5.67. The standard InChI is InChI=1S/C14H24N4O/c1-11(14(2,3)19)17-12-5-9-18(10-6-12)13-15-7-4-8-16-13/h4,7-8,11-12,17,19H,5-6,9-10H2,1-3H3. The van der Waals surface area contributed by atoms with Gasteiger partial charge in [0.05, 0.1) is 5.60 Å². The minimum atomic E-state index is -0.681. The molecule has 1 aliphatic rings. The summed E-state index contributed by atoms with van der Waals surface area (Å²) in [5, 5.41) is 13.5. The summed E-state index contributed by atoms with van der Waals surface area (Å²) in [5.41, 5.74) is -0.681. The van der Waals surface area contributed by atoms with Crippen LogP contribution in [-0.2, 0) is 0 Å². The van der Waals surface area contributed by atoms with E-state index in [0.717, 1.165) is 31.9 Å². The van der Waals surface area contributed by atoms with Crippen LogP contribution < -0.4 is 10.2 Å². The second-order valence-electron chi connectivity index (χ2n) is 5.85. The first-order valence-electron chi connectivity index (χ1n) is 6.97. The summed E-state index contributed by atoms with van der Waals surface area (Å²) in [6, 6.07) is 2.39. The van der Waals surface area contributed by atoms with Gasteiger partial charge in [0, 0.05) is 37.6 Å². The number of nitrogens with one attached hydrogen (secondary N) is 1. The molecule has 0 aliphatic carbocycles. The predicted molar refractivity (Wildman–Crippen MR) is 76.2 cm³/mol. The van der Waals surface area contributed by atoms with E-state index in [9.17, 15) is 5.11 Å². The molecule has 2 heterocycles. The first-order valence-corrected chi connectivity index (χ1v) is 6.97. The molecule has 5 nitrogen and oxygen atoms in total. The van der Waals surface area contributed by atoms with Crippen LogP contribution in [0.15, 0.2) is 18.5 Å². The first-order chi connectivity index (χ1) is 8.97. The molecule has 0 saturated carbocycles. The monoisotopic (exact) mass is 264 g/mol. The van der Waals surface area contributed by atoms with Gasteiger partial charge in [-0.3, -0.25) is 0 Å². The number of rotatable bonds is 4. The van der Waals surface area contributed by atoms with E-state index in [1.807, 2.05) is 26.8 Å². The maximum Gasteiger partial charge on any atom is 0.225 e. The number of hydrogen-bond acceptors (Lipinski definition) is 5. The molecule has 1 aromatic heterocycles. The second kappa shape index (κ2) is 5.84. The van der Waals surface area contributed by atoms with Gasteiger partial charge in [-0.1, -0.05) is 0 Å². The van der Waals surface area contributed by atoms with Gasteiger partial charge in [0.15, 0.2) is 0 Å². The Balaban J connectivity index is 1.83. The highest BCUT2D eigenvalue weighted by Crippen LogP contribution is 2.17. The molecule has 0 spiro atoms. The van der Waals surface area contributed by atoms with Crippen molar-refractivity contribution in [1.82, 2.24) is 15.3 Å². The Labute approximate surface area is 115 Å². The van der Waals surface area contributed by atoms with E-state index in [-0.39, 0.29) is 6.04 Å². The molecule has 1 aliphatic heterocycles. The average Bonchev–Trinajstić information content (AvgIpc) is 2.39. The quantitative estimate of drug-likeness (QED) is 0.855. The molecule has 1 saturated heterocycles. The van der Waals surface area contributed by atoms with Crippen LogP contribution in [0.1, 0.15) is 33.6 Å². The minimum absolute atomic E-state index is 0.0945. The number of piperidine rings is 1. The Kier molecular flexibility index (Phi) is 4.37. The Morgan fingerprint density at radius 2 is 1.89 bits per heavy atom. The molecule has 1 aromatic rings. The number of anilines is 1. The van der Waals surface area contributed by atoms with E-state index in [1.54, 1.807) is 12.4 Å². The number of aromatic nitrogens is 2. The lowest BCUT2D eigenvalue weighted by Gasteiger charge is -2.36. The van der Waals surface area contributed by atoms with E-state index >= 15 is 0 Å². The zero-order valence-electron chi connectivity index (χ0n) is 12.0. The van der Waals surface area contributed by atoms with Crippen molar-refractivity contribution >= 4 is 5.95 Å². The molecule has 0 aromatic carbocycles. The van der Waals surface area contributed by atoms with Crippen LogP contribution in [0.4, 0.5) is 5.95 Å². The van der Waals surface area contributed by atoms with Gasteiger partial charge in [-0.15, -0.1) is 0 Å². The summed E-state index contributed by atoms with van der Waals surface area (Å²) in [4.78, 5) is 10.8. The number of nitrogens with zero attached hydrogens (tertiary/aromatic N) is 3. The number of aliphatic hydroxyl groups is 1. The molecule has 0 radical (unpaired) electrons. The molecular formula is C14H24N4O.